The summed E-state index contributed by atoms with van der Waals surface area (Å²) < 4.78 is 3.75. The van der Waals surface area contributed by atoms with Gasteiger partial charge in [0.25, 0.3) is 0 Å². The summed E-state index contributed by atoms with van der Waals surface area (Å²) in [6.45, 7) is 1.81. The van der Waals surface area contributed by atoms with E-state index in [0.717, 1.165) is 10.6 Å². The Morgan fingerprint density at radius 2 is 2.43 bits per heavy atom. The van der Waals surface area contributed by atoms with Crippen molar-refractivity contribution >= 4 is 28.7 Å². The molecule has 0 aromatic carbocycles. The second-order valence-corrected chi connectivity index (χ2v) is 4.65. The lowest BCUT2D eigenvalue weighted by molar-refractivity contribution is 0.0997. The number of aromatic nitrogens is 2. The van der Waals surface area contributed by atoms with Crippen molar-refractivity contribution in [2.45, 2.75) is 13.3 Å². The van der Waals surface area contributed by atoms with Crippen LogP contribution in [0.4, 0.5) is 0 Å². The number of rotatable bonds is 3. The Balaban J connectivity index is 2.14. The first kappa shape index (κ1) is 9.48. The van der Waals surface area contributed by atoms with Gasteiger partial charge in [-0.3, -0.25) is 4.79 Å². The minimum atomic E-state index is 0.111. The molecular formula is C9H8N2OS2. The number of carbonyl (C=O) groups is 1. The van der Waals surface area contributed by atoms with E-state index in [1.54, 1.807) is 11.3 Å². The third kappa shape index (κ3) is 1.88. The van der Waals surface area contributed by atoms with Gasteiger partial charge < -0.3 is 0 Å². The second kappa shape index (κ2) is 3.98. The zero-order chi connectivity index (χ0) is 9.97. The average Bonchev–Trinajstić information content (AvgIpc) is 2.75. The number of hydrogen-bond donors (Lipinski definition) is 0. The SMILES string of the molecule is Cc1nnsc1C(=O)Cc1cccs1. The molecule has 0 aliphatic carbocycles. The van der Waals surface area contributed by atoms with Crippen molar-refractivity contribution in [1.29, 1.82) is 0 Å². The lowest BCUT2D eigenvalue weighted by Gasteiger charge is -1.94. The van der Waals surface area contributed by atoms with Crippen molar-refractivity contribution in [2.75, 3.05) is 0 Å². The van der Waals surface area contributed by atoms with E-state index in [1.165, 1.54) is 11.5 Å². The van der Waals surface area contributed by atoms with Crippen molar-refractivity contribution in [3.63, 3.8) is 0 Å². The molecule has 0 radical (unpaired) electrons. The van der Waals surface area contributed by atoms with E-state index in [4.69, 9.17) is 0 Å². The quantitative estimate of drug-likeness (QED) is 0.751. The molecule has 0 spiro atoms. The minimum Gasteiger partial charge on any atom is -0.293 e. The molecule has 0 saturated heterocycles. The highest BCUT2D eigenvalue weighted by molar-refractivity contribution is 7.10. The van der Waals surface area contributed by atoms with E-state index in [9.17, 15) is 4.79 Å². The minimum absolute atomic E-state index is 0.111. The Morgan fingerprint density at radius 3 is 3.00 bits per heavy atom. The maximum Gasteiger partial charge on any atom is 0.181 e. The van der Waals surface area contributed by atoms with Crippen molar-refractivity contribution in [1.82, 2.24) is 9.59 Å². The highest BCUT2D eigenvalue weighted by Gasteiger charge is 2.13. The molecule has 2 aromatic heterocycles. The molecule has 5 heteroatoms. The summed E-state index contributed by atoms with van der Waals surface area (Å²) in [5, 5.41) is 5.79. The first-order chi connectivity index (χ1) is 6.77. The molecule has 0 N–H and O–H groups in total. The number of Topliss-reactive ketones (excluding diaryl/α,β-unsaturated/α-hetero) is 1. The number of ketones is 1. The summed E-state index contributed by atoms with van der Waals surface area (Å²) in [6, 6.07) is 3.91. The molecule has 14 heavy (non-hydrogen) atoms. The summed E-state index contributed by atoms with van der Waals surface area (Å²) in [5.74, 6) is 0.111. The van der Waals surface area contributed by atoms with Crippen molar-refractivity contribution in [3.05, 3.63) is 33.0 Å². The smallest absolute Gasteiger partial charge is 0.181 e. The van der Waals surface area contributed by atoms with Crippen LogP contribution < -0.4 is 0 Å². The molecule has 0 atom stereocenters. The molecule has 0 aliphatic heterocycles. The van der Waals surface area contributed by atoms with Crippen molar-refractivity contribution in [3.8, 4) is 0 Å². The lowest BCUT2D eigenvalue weighted by atomic mass is 10.2. The van der Waals surface area contributed by atoms with Gasteiger partial charge in [-0.1, -0.05) is 10.6 Å². The third-order valence-electron chi connectivity index (χ3n) is 1.82. The molecule has 0 saturated carbocycles. The number of carbonyl (C=O) groups excluding carboxylic acids is 1. The second-order valence-electron chi connectivity index (χ2n) is 2.87. The van der Waals surface area contributed by atoms with Crippen LogP contribution in [0.3, 0.4) is 0 Å². The molecule has 0 bridgehead atoms. The Bertz CT molecular complexity index is 433. The first-order valence-electron chi connectivity index (χ1n) is 4.12. The number of thiophene rings is 1. The molecule has 0 amide bonds. The van der Waals surface area contributed by atoms with Crippen LogP contribution in [0.5, 0.6) is 0 Å². The number of hydrogen-bond acceptors (Lipinski definition) is 5. The predicted octanol–water partition coefficient (Wildman–Crippen LogP) is 2.33. The summed E-state index contributed by atoms with van der Waals surface area (Å²) in [4.78, 5) is 13.5. The van der Waals surface area contributed by atoms with Gasteiger partial charge in [-0.15, -0.1) is 16.4 Å². The Morgan fingerprint density at radius 1 is 1.57 bits per heavy atom. The van der Waals surface area contributed by atoms with Crippen LogP contribution in [0.15, 0.2) is 17.5 Å². The summed E-state index contributed by atoms with van der Waals surface area (Å²) in [5.41, 5.74) is 0.733. The van der Waals surface area contributed by atoms with Crippen LogP contribution in [-0.2, 0) is 6.42 Å². The molecule has 2 heterocycles. The first-order valence-corrected chi connectivity index (χ1v) is 5.77. The van der Waals surface area contributed by atoms with Crippen LogP contribution in [0.1, 0.15) is 20.2 Å². The fourth-order valence-corrected chi connectivity index (χ4v) is 2.43. The van der Waals surface area contributed by atoms with E-state index in [-0.39, 0.29) is 5.78 Å². The van der Waals surface area contributed by atoms with Gasteiger partial charge in [0.2, 0.25) is 0 Å². The fourth-order valence-electron chi connectivity index (χ4n) is 1.14. The molecule has 0 fully saturated rings. The van der Waals surface area contributed by atoms with E-state index in [2.05, 4.69) is 9.59 Å². The maximum absolute atomic E-state index is 11.7. The highest BCUT2D eigenvalue weighted by Crippen LogP contribution is 2.16. The Hall–Kier alpha value is -1.07. The van der Waals surface area contributed by atoms with Gasteiger partial charge in [-0.2, -0.15) is 0 Å². The van der Waals surface area contributed by atoms with Gasteiger partial charge in [0, 0.05) is 11.3 Å². The summed E-state index contributed by atoms with van der Waals surface area (Å²) >= 11 is 2.77. The highest BCUT2D eigenvalue weighted by atomic mass is 32.1. The van der Waals surface area contributed by atoms with Crippen molar-refractivity contribution < 1.29 is 4.79 Å². The molecule has 72 valence electrons. The van der Waals surface area contributed by atoms with E-state index < -0.39 is 0 Å². The van der Waals surface area contributed by atoms with Crippen LogP contribution >= 0.6 is 22.9 Å². The number of nitrogens with zero attached hydrogens (tertiary/aromatic N) is 2. The standard InChI is InChI=1S/C9H8N2OS2/c1-6-9(14-11-10-6)8(12)5-7-3-2-4-13-7/h2-4H,5H2,1H3. The third-order valence-corrected chi connectivity index (χ3v) is 3.57. The van der Waals surface area contributed by atoms with Gasteiger partial charge in [0.1, 0.15) is 4.88 Å². The molecule has 3 nitrogen and oxygen atoms in total. The van der Waals surface area contributed by atoms with Gasteiger partial charge in [0.05, 0.1) is 5.69 Å². The molecule has 2 rings (SSSR count). The summed E-state index contributed by atoms with van der Waals surface area (Å²) in [7, 11) is 0. The predicted molar refractivity (Wildman–Crippen MR) is 57.0 cm³/mol. The van der Waals surface area contributed by atoms with Gasteiger partial charge in [-0.05, 0) is 29.9 Å². The van der Waals surface area contributed by atoms with E-state index in [0.29, 0.717) is 11.3 Å². The Kier molecular flexibility index (Phi) is 2.69. The van der Waals surface area contributed by atoms with Gasteiger partial charge in [-0.25, -0.2) is 0 Å². The molecule has 0 aliphatic rings. The van der Waals surface area contributed by atoms with Gasteiger partial charge in [0.15, 0.2) is 5.78 Å². The van der Waals surface area contributed by atoms with Gasteiger partial charge >= 0.3 is 0 Å². The number of aryl methyl sites for hydroxylation is 1. The fraction of sp³-hybridized carbons (Fsp3) is 0.222. The average molecular weight is 224 g/mol. The molecular weight excluding hydrogens is 216 g/mol. The van der Waals surface area contributed by atoms with E-state index >= 15 is 0 Å². The summed E-state index contributed by atoms with van der Waals surface area (Å²) in [6.07, 6.45) is 0.461. The zero-order valence-corrected chi connectivity index (χ0v) is 9.19. The van der Waals surface area contributed by atoms with Crippen LogP contribution in [0.25, 0.3) is 0 Å². The topological polar surface area (TPSA) is 42.9 Å². The van der Waals surface area contributed by atoms with Crippen LogP contribution in [-0.4, -0.2) is 15.4 Å². The Labute approximate surface area is 89.6 Å². The van der Waals surface area contributed by atoms with Crippen LogP contribution in [0, 0.1) is 6.92 Å². The van der Waals surface area contributed by atoms with E-state index in [1.807, 2.05) is 24.4 Å². The normalized spacial score (nSPS) is 10.4. The van der Waals surface area contributed by atoms with Crippen LogP contribution in [0.2, 0.25) is 0 Å². The molecule has 2 aromatic rings. The van der Waals surface area contributed by atoms with Crippen molar-refractivity contribution in [2.24, 2.45) is 0 Å². The largest absolute Gasteiger partial charge is 0.293 e. The zero-order valence-electron chi connectivity index (χ0n) is 7.56. The molecule has 0 unspecified atom stereocenters. The maximum atomic E-state index is 11.7. The monoisotopic (exact) mass is 224 g/mol. The lowest BCUT2D eigenvalue weighted by Crippen LogP contribution is -2.01.